The molecule has 0 aliphatic carbocycles. The van der Waals surface area contributed by atoms with E-state index in [1.165, 1.54) is 19.2 Å². The minimum absolute atomic E-state index is 0.0377. The smallest absolute Gasteiger partial charge is 0.201 e. The van der Waals surface area contributed by atoms with Crippen LogP contribution in [0, 0.1) is 17.6 Å². The number of halogens is 2. The maximum atomic E-state index is 14.9. The van der Waals surface area contributed by atoms with Gasteiger partial charge < -0.3 is 15.0 Å². The zero-order valence-electron chi connectivity index (χ0n) is 19.2. The molecule has 33 heavy (non-hydrogen) atoms. The number of hydrogen-bond acceptors (Lipinski definition) is 5. The number of methoxy groups -OCH3 is 1. The Morgan fingerprint density at radius 1 is 1.24 bits per heavy atom. The van der Waals surface area contributed by atoms with Gasteiger partial charge in [0.1, 0.15) is 6.17 Å². The molecule has 0 radical (unpaired) electrons. The van der Waals surface area contributed by atoms with Crippen molar-refractivity contribution >= 4 is 22.8 Å². The van der Waals surface area contributed by atoms with Gasteiger partial charge in [0, 0.05) is 36.0 Å². The summed E-state index contributed by atoms with van der Waals surface area (Å²) >= 11 is 0. The molecule has 2 atom stereocenters. The van der Waals surface area contributed by atoms with Crippen molar-refractivity contribution in [3.63, 3.8) is 0 Å². The second-order valence-electron chi connectivity index (χ2n) is 8.25. The second kappa shape index (κ2) is 9.17. The fraction of sp³-hybridized carbons (Fsp3) is 0.308. The van der Waals surface area contributed by atoms with E-state index in [0.717, 1.165) is 23.4 Å². The van der Waals surface area contributed by atoms with E-state index in [9.17, 15) is 13.6 Å². The molecule has 0 saturated heterocycles. The maximum absolute atomic E-state index is 14.9. The number of aliphatic imine (C=N–C) groups is 1. The minimum atomic E-state index is -1.00. The van der Waals surface area contributed by atoms with Crippen LogP contribution in [0.4, 0.5) is 14.5 Å². The van der Waals surface area contributed by atoms with Gasteiger partial charge in [0.15, 0.2) is 17.3 Å². The van der Waals surface area contributed by atoms with Crippen LogP contribution in [0.15, 0.2) is 53.8 Å². The highest BCUT2D eigenvalue weighted by Crippen LogP contribution is 2.38. The Bertz CT molecular complexity index is 1190. The van der Waals surface area contributed by atoms with E-state index < -0.39 is 11.6 Å². The number of nitrogens with one attached hydrogen (secondary N) is 1. The first-order valence-electron chi connectivity index (χ1n) is 10.9. The summed E-state index contributed by atoms with van der Waals surface area (Å²) in [6.45, 7) is 3.58. The van der Waals surface area contributed by atoms with Gasteiger partial charge in [-0.3, -0.25) is 9.79 Å². The van der Waals surface area contributed by atoms with Crippen molar-refractivity contribution in [1.29, 1.82) is 0 Å². The molecule has 2 aromatic carbocycles. The highest BCUT2D eigenvalue weighted by atomic mass is 19.2. The van der Waals surface area contributed by atoms with Gasteiger partial charge in [0.25, 0.3) is 0 Å². The van der Waals surface area contributed by atoms with E-state index in [0.29, 0.717) is 17.6 Å². The molecule has 2 aromatic rings. The lowest BCUT2D eigenvalue weighted by atomic mass is 9.87. The van der Waals surface area contributed by atoms with Crippen molar-refractivity contribution in [1.82, 2.24) is 4.90 Å². The fourth-order valence-corrected chi connectivity index (χ4v) is 4.47. The lowest BCUT2D eigenvalue weighted by Gasteiger charge is -2.30. The Morgan fingerprint density at radius 2 is 2.03 bits per heavy atom. The maximum Gasteiger partial charge on any atom is 0.201 e. The summed E-state index contributed by atoms with van der Waals surface area (Å²) in [6, 6.07) is 8.68. The number of allylic oxidation sites excluding steroid dienone is 2. The number of Topliss-reactive ketones (excluding diaryl/α,β-unsaturated/α-hetero) is 1. The van der Waals surface area contributed by atoms with Gasteiger partial charge in [-0.15, -0.1) is 0 Å². The van der Waals surface area contributed by atoms with Gasteiger partial charge in [0.2, 0.25) is 5.82 Å². The number of carbonyl (C=O) groups is 1. The first kappa shape index (κ1) is 22.7. The number of rotatable bonds is 6. The highest BCUT2D eigenvalue weighted by molar-refractivity contribution is 6.05. The van der Waals surface area contributed by atoms with Crippen LogP contribution < -0.4 is 10.1 Å². The highest BCUT2D eigenvalue weighted by Gasteiger charge is 2.35. The van der Waals surface area contributed by atoms with Crippen molar-refractivity contribution in [3.05, 3.63) is 77.1 Å². The molecule has 0 fully saturated rings. The third-order valence-electron chi connectivity index (χ3n) is 6.23. The van der Waals surface area contributed by atoms with Crippen LogP contribution in [0.1, 0.15) is 41.8 Å². The summed E-state index contributed by atoms with van der Waals surface area (Å²) in [6.07, 6.45) is 6.66. The Hall–Kier alpha value is -3.48. The van der Waals surface area contributed by atoms with Gasteiger partial charge in [0.05, 0.1) is 12.8 Å². The molecule has 0 bridgehead atoms. The van der Waals surface area contributed by atoms with Gasteiger partial charge in [-0.2, -0.15) is 4.39 Å². The zero-order valence-corrected chi connectivity index (χ0v) is 19.2. The molecule has 4 rings (SSSR count). The van der Waals surface area contributed by atoms with E-state index in [-0.39, 0.29) is 29.2 Å². The number of ketones is 1. The number of anilines is 1. The summed E-state index contributed by atoms with van der Waals surface area (Å²) in [4.78, 5) is 18.6. The predicted octanol–water partition coefficient (Wildman–Crippen LogP) is 5.44. The van der Waals surface area contributed by atoms with Crippen LogP contribution in [-0.2, 0) is 6.42 Å². The monoisotopic (exact) mass is 451 g/mol. The van der Waals surface area contributed by atoms with E-state index in [1.807, 2.05) is 49.3 Å². The van der Waals surface area contributed by atoms with Crippen molar-refractivity contribution in [2.45, 2.75) is 32.9 Å². The minimum Gasteiger partial charge on any atom is -0.494 e. The number of aryl methyl sites for hydroxylation is 1. The SMILES string of the molecule is CCc1cc(NC2C3=NC=C(c4ccc(OC)c(F)c4F)C3CC=CN2C)ccc1C(C)=O. The van der Waals surface area contributed by atoms with E-state index >= 15 is 0 Å². The standard InChI is InChI=1S/C26H27F2N3O2/c1-5-16-13-17(8-9-18(16)15(2)32)30-26-25-20(7-6-12-31(26)3)21(14-29-25)19-10-11-22(33-4)24(28)23(19)27/h6,8-14,20,26,30H,5,7H2,1-4H3. The molecule has 2 aliphatic rings. The van der Waals surface area contributed by atoms with Crippen LogP contribution in [-0.4, -0.2) is 36.7 Å². The number of benzene rings is 2. The molecule has 0 aromatic heterocycles. The number of carbonyl (C=O) groups excluding carboxylic acids is 1. The van der Waals surface area contributed by atoms with Crippen molar-refractivity contribution in [3.8, 4) is 5.75 Å². The van der Waals surface area contributed by atoms with Gasteiger partial charge in [-0.05, 0) is 67.4 Å². The van der Waals surface area contributed by atoms with E-state index in [4.69, 9.17) is 4.74 Å². The molecule has 2 aliphatic heterocycles. The van der Waals surface area contributed by atoms with Gasteiger partial charge in [-0.1, -0.05) is 13.0 Å². The quantitative estimate of drug-likeness (QED) is 0.595. The average molecular weight is 452 g/mol. The predicted molar refractivity (Wildman–Crippen MR) is 127 cm³/mol. The average Bonchev–Trinajstić information content (AvgIpc) is 3.15. The molecule has 1 N–H and O–H groups in total. The first-order chi connectivity index (χ1) is 15.8. The fourth-order valence-electron chi connectivity index (χ4n) is 4.47. The Labute approximate surface area is 192 Å². The summed E-state index contributed by atoms with van der Waals surface area (Å²) in [7, 11) is 3.25. The normalized spacial score (nSPS) is 19.5. The topological polar surface area (TPSA) is 53.9 Å². The van der Waals surface area contributed by atoms with Crippen molar-refractivity contribution in [2.75, 3.05) is 19.5 Å². The molecular weight excluding hydrogens is 424 g/mol. The summed E-state index contributed by atoms with van der Waals surface area (Å²) in [5, 5.41) is 3.51. The third kappa shape index (κ3) is 4.15. The molecule has 172 valence electrons. The summed E-state index contributed by atoms with van der Waals surface area (Å²) < 4.78 is 34.1. The lowest BCUT2D eigenvalue weighted by Crippen LogP contribution is -2.43. The van der Waals surface area contributed by atoms with E-state index in [1.54, 1.807) is 13.1 Å². The Morgan fingerprint density at radius 3 is 2.73 bits per heavy atom. The number of fused-ring (bicyclic) bond motifs is 1. The molecule has 0 spiro atoms. The van der Waals surface area contributed by atoms with E-state index in [2.05, 4.69) is 10.3 Å². The van der Waals surface area contributed by atoms with Gasteiger partial charge >= 0.3 is 0 Å². The second-order valence-corrected chi connectivity index (χ2v) is 8.25. The molecular formula is C26H27F2N3O2. The Balaban J connectivity index is 1.65. The summed E-state index contributed by atoms with van der Waals surface area (Å²) in [5.74, 6) is -2.23. The van der Waals surface area contributed by atoms with Crippen molar-refractivity contribution in [2.24, 2.45) is 10.9 Å². The number of hydrogen-bond donors (Lipinski definition) is 1. The van der Waals surface area contributed by atoms with Crippen LogP contribution in [0.3, 0.4) is 0 Å². The van der Waals surface area contributed by atoms with Crippen molar-refractivity contribution < 1.29 is 18.3 Å². The summed E-state index contributed by atoms with van der Waals surface area (Å²) in [5.41, 5.74) is 4.19. The zero-order chi connectivity index (χ0) is 23.7. The third-order valence-corrected chi connectivity index (χ3v) is 6.23. The largest absolute Gasteiger partial charge is 0.494 e. The molecule has 7 heteroatoms. The molecule has 0 amide bonds. The Kier molecular flexibility index (Phi) is 6.31. The molecule has 2 heterocycles. The van der Waals surface area contributed by atoms with Crippen LogP contribution >= 0.6 is 0 Å². The van der Waals surface area contributed by atoms with Crippen LogP contribution in [0.25, 0.3) is 5.57 Å². The molecule has 0 saturated carbocycles. The molecule has 2 unspecified atom stereocenters. The number of ether oxygens (including phenoxy) is 1. The van der Waals surface area contributed by atoms with Crippen LogP contribution in [0.2, 0.25) is 0 Å². The van der Waals surface area contributed by atoms with Crippen LogP contribution in [0.5, 0.6) is 5.75 Å². The molecule has 5 nitrogen and oxygen atoms in total. The lowest BCUT2D eigenvalue weighted by molar-refractivity contribution is 0.101. The first-order valence-corrected chi connectivity index (χ1v) is 10.9. The number of nitrogens with zero attached hydrogens (tertiary/aromatic N) is 2. The van der Waals surface area contributed by atoms with Gasteiger partial charge in [-0.25, -0.2) is 4.39 Å².